The fourth-order valence-electron chi connectivity index (χ4n) is 4.21. The molecule has 23 heavy (non-hydrogen) atoms. The maximum absolute atomic E-state index is 12.6. The molecule has 2 aliphatic carbocycles. The van der Waals surface area contributed by atoms with Gasteiger partial charge in [0.2, 0.25) is 0 Å². The quantitative estimate of drug-likeness (QED) is 0.926. The molecule has 2 fully saturated rings. The van der Waals surface area contributed by atoms with Gasteiger partial charge in [0, 0.05) is 24.3 Å². The standard InChI is InChI=1S/C16H21N5O2/c1-2-23-13-9-12(16(13)7-3-4-8-16)17-15(22)11-5-6-14-18-19-20-21(14)10-11/h5-6,10,12-13H,2-4,7-9H2,1H3,(H,17,22)/t12-,13-/m1/s1. The molecule has 4 rings (SSSR count). The van der Waals surface area contributed by atoms with Gasteiger partial charge in [-0.05, 0) is 48.7 Å². The van der Waals surface area contributed by atoms with E-state index in [1.54, 1.807) is 18.3 Å². The normalized spacial score (nSPS) is 25.6. The minimum atomic E-state index is -0.0615. The molecule has 2 heterocycles. The van der Waals surface area contributed by atoms with Gasteiger partial charge in [0.1, 0.15) is 0 Å². The van der Waals surface area contributed by atoms with Crippen LogP contribution in [0, 0.1) is 5.41 Å². The molecule has 7 nitrogen and oxygen atoms in total. The van der Waals surface area contributed by atoms with E-state index in [4.69, 9.17) is 4.74 Å². The number of ether oxygens (including phenoxy) is 1. The van der Waals surface area contributed by atoms with E-state index in [1.807, 2.05) is 6.92 Å². The van der Waals surface area contributed by atoms with Crippen LogP contribution in [0.2, 0.25) is 0 Å². The number of tetrazole rings is 1. The first-order valence-electron chi connectivity index (χ1n) is 8.33. The van der Waals surface area contributed by atoms with Crippen LogP contribution in [0.4, 0.5) is 0 Å². The molecule has 1 spiro atoms. The molecule has 0 saturated heterocycles. The second-order valence-corrected chi connectivity index (χ2v) is 6.55. The molecule has 2 aromatic rings. The minimum Gasteiger partial charge on any atom is -0.378 e. The van der Waals surface area contributed by atoms with Crippen molar-refractivity contribution in [1.29, 1.82) is 0 Å². The molecule has 2 aromatic heterocycles. The summed E-state index contributed by atoms with van der Waals surface area (Å²) in [5, 5.41) is 14.5. The monoisotopic (exact) mass is 315 g/mol. The highest BCUT2D eigenvalue weighted by Gasteiger charge is 2.57. The Morgan fingerprint density at radius 3 is 3.04 bits per heavy atom. The lowest BCUT2D eigenvalue weighted by Crippen LogP contribution is -2.63. The molecular weight excluding hydrogens is 294 g/mol. The summed E-state index contributed by atoms with van der Waals surface area (Å²) in [4.78, 5) is 12.6. The molecule has 2 atom stereocenters. The predicted molar refractivity (Wildman–Crippen MR) is 83.0 cm³/mol. The maximum atomic E-state index is 12.6. The van der Waals surface area contributed by atoms with Gasteiger partial charge in [0.05, 0.1) is 11.7 Å². The Labute approximate surface area is 134 Å². The number of hydrogen-bond acceptors (Lipinski definition) is 5. The Balaban J connectivity index is 1.50. The first-order valence-corrected chi connectivity index (χ1v) is 8.33. The predicted octanol–water partition coefficient (Wildman–Crippen LogP) is 1.59. The first kappa shape index (κ1) is 14.6. The van der Waals surface area contributed by atoms with Crippen LogP contribution in [0.1, 0.15) is 49.4 Å². The number of carbonyl (C=O) groups excluding carboxylic acids is 1. The van der Waals surface area contributed by atoms with E-state index in [0.29, 0.717) is 17.3 Å². The SMILES string of the molecule is CCO[C@@H]1C[C@@H](NC(=O)c2ccc3nnnn3c2)C12CCCC2. The molecule has 2 saturated carbocycles. The van der Waals surface area contributed by atoms with Crippen LogP contribution in [-0.4, -0.2) is 44.7 Å². The van der Waals surface area contributed by atoms with Crippen molar-refractivity contribution in [1.82, 2.24) is 25.4 Å². The molecule has 0 unspecified atom stereocenters. The number of rotatable bonds is 4. The fraction of sp³-hybridized carbons (Fsp3) is 0.625. The summed E-state index contributed by atoms with van der Waals surface area (Å²) >= 11 is 0. The van der Waals surface area contributed by atoms with Gasteiger partial charge >= 0.3 is 0 Å². The van der Waals surface area contributed by atoms with Crippen LogP contribution in [0.25, 0.3) is 5.65 Å². The number of nitrogens with one attached hydrogen (secondary N) is 1. The summed E-state index contributed by atoms with van der Waals surface area (Å²) in [5.41, 5.74) is 1.36. The van der Waals surface area contributed by atoms with E-state index in [1.165, 1.54) is 17.4 Å². The van der Waals surface area contributed by atoms with Gasteiger partial charge in [-0.1, -0.05) is 12.8 Å². The molecule has 1 amide bonds. The summed E-state index contributed by atoms with van der Waals surface area (Å²) < 4.78 is 7.42. The van der Waals surface area contributed by atoms with Crippen molar-refractivity contribution in [2.45, 2.75) is 51.2 Å². The van der Waals surface area contributed by atoms with Crippen molar-refractivity contribution in [3.63, 3.8) is 0 Å². The lowest BCUT2D eigenvalue weighted by molar-refractivity contribution is -0.127. The van der Waals surface area contributed by atoms with Crippen molar-refractivity contribution in [2.75, 3.05) is 6.61 Å². The zero-order chi connectivity index (χ0) is 15.9. The van der Waals surface area contributed by atoms with Gasteiger partial charge in [-0.25, -0.2) is 0 Å². The highest BCUT2D eigenvalue weighted by molar-refractivity contribution is 5.94. The number of pyridine rings is 1. The Kier molecular flexibility index (Phi) is 3.52. The smallest absolute Gasteiger partial charge is 0.253 e. The lowest BCUT2D eigenvalue weighted by Gasteiger charge is -2.54. The number of nitrogens with zero attached hydrogens (tertiary/aromatic N) is 4. The third-order valence-corrected chi connectivity index (χ3v) is 5.45. The van der Waals surface area contributed by atoms with Crippen LogP contribution >= 0.6 is 0 Å². The molecule has 0 aliphatic heterocycles. The van der Waals surface area contributed by atoms with Crippen molar-refractivity contribution < 1.29 is 9.53 Å². The first-order chi connectivity index (χ1) is 11.2. The van der Waals surface area contributed by atoms with Crippen LogP contribution in [0.15, 0.2) is 18.3 Å². The Morgan fingerprint density at radius 2 is 2.26 bits per heavy atom. The summed E-state index contributed by atoms with van der Waals surface area (Å²) in [6.45, 7) is 2.78. The summed E-state index contributed by atoms with van der Waals surface area (Å²) in [7, 11) is 0. The summed E-state index contributed by atoms with van der Waals surface area (Å²) in [6, 6.07) is 3.73. The molecular formula is C16H21N5O2. The van der Waals surface area contributed by atoms with Gasteiger partial charge in [-0.15, -0.1) is 5.10 Å². The second kappa shape index (κ2) is 5.56. The number of fused-ring (bicyclic) bond motifs is 1. The van der Waals surface area contributed by atoms with Gasteiger partial charge < -0.3 is 10.1 Å². The van der Waals surface area contributed by atoms with E-state index in [-0.39, 0.29) is 17.4 Å². The van der Waals surface area contributed by atoms with Crippen LogP contribution in [0.5, 0.6) is 0 Å². The van der Waals surface area contributed by atoms with Crippen LogP contribution in [0.3, 0.4) is 0 Å². The van der Waals surface area contributed by atoms with Gasteiger partial charge in [-0.3, -0.25) is 4.79 Å². The third kappa shape index (κ3) is 2.30. The summed E-state index contributed by atoms with van der Waals surface area (Å²) in [6.07, 6.45) is 7.63. The van der Waals surface area contributed by atoms with E-state index < -0.39 is 0 Å². The molecule has 0 bridgehead atoms. The Morgan fingerprint density at radius 1 is 1.43 bits per heavy atom. The van der Waals surface area contributed by atoms with Crippen LogP contribution in [-0.2, 0) is 4.74 Å². The highest BCUT2D eigenvalue weighted by Crippen LogP contribution is 2.54. The van der Waals surface area contributed by atoms with E-state index in [9.17, 15) is 4.79 Å². The number of hydrogen-bond donors (Lipinski definition) is 1. The van der Waals surface area contributed by atoms with Gasteiger partial charge in [-0.2, -0.15) is 4.52 Å². The fourth-order valence-corrected chi connectivity index (χ4v) is 4.21. The average Bonchev–Trinajstić information content (AvgIpc) is 3.23. The molecule has 2 aliphatic rings. The number of amides is 1. The van der Waals surface area contributed by atoms with Crippen molar-refractivity contribution in [3.05, 3.63) is 23.9 Å². The highest BCUT2D eigenvalue weighted by atomic mass is 16.5. The Hall–Kier alpha value is -2.02. The molecule has 0 radical (unpaired) electrons. The second-order valence-electron chi connectivity index (χ2n) is 6.55. The zero-order valence-electron chi connectivity index (χ0n) is 13.2. The van der Waals surface area contributed by atoms with E-state index in [2.05, 4.69) is 20.8 Å². The van der Waals surface area contributed by atoms with Crippen molar-refractivity contribution >= 4 is 11.6 Å². The zero-order valence-corrected chi connectivity index (χ0v) is 13.2. The number of carbonyl (C=O) groups is 1. The molecule has 1 N–H and O–H groups in total. The number of aromatic nitrogens is 4. The van der Waals surface area contributed by atoms with Crippen LogP contribution < -0.4 is 5.32 Å². The van der Waals surface area contributed by atoms with Gasteiger partial charge in [0.15, 0.2) is 5.65 Å². The average molecular weight is 315 g/mol. The van der Waals surface area contributed by atoms with Crippen molar-refractivity contribution in [3.8, 4) is 0 Å². The summed E-state index contributed by atoms with van der Waals surface area (Å²) in [5.74, 6) is -0.0615. The molecule has 122 valence electrons. The molecule has 7 heteroatoms. The topological polar surface area (TPSA) is 81.4 Å². The van der Waals surface area contributed by atoms with Gasteiger partial charge in [0.25, 0.3) is 5.91 Å². The van der Waals surface area contributed by atoms with E-state index >= 15 is 0 Å². The minimum absolute atomic E-state index is 0.0615. The lowest BCUT2D eigenvalue weighted by atomic mass is 9.60. The Bertz CT molecular complexity index is 722. The third-order valence-electron chi connectivity index (χ3n) is 5.45. The van der Waals surface area contributed by atoms with Crippen molar-refractivity contribution in [2.24, 2.45) is 5.41 Å². The largest absolute Gasteiger partial charge is 0.378 e. The molecule has 0 aromatic carbocycles. The van der Waals surface area contributed by atoms with E-state index in [0.717, 1.165) is 25.9 Å². The maximum Gasteiger partial charge on any atom is 0.253 e.